The fourth-order valence-electron chi connectivity index (χ4n) is 2.34. The molecule has 1 fully saturated rings. The van der Waals surface area contributed by atoms with E-state index in [4.69, 9.17) is 5.73 Å². The largest absolute Gasteiger partial charge is 0.321 e. The number of aromatic nitrogens is 3. The van der Waals surface area contributed by atoms with Gasteiger partial charge in [-0.15, -0.1) is 10.2 Å². The summed E-state index contributed by atoms with van der Waals surface area (Å²) in [5.74, 6) is 0.962. The number of nitrogens with zero attached hydrogens (tertiary/aromatic N) is 3. The van der Waals surface area contributed by atoms with Crippen LogP contribution in [0.25, 0.3) is 0 Å². The molecule has 4 heteroatoms. The third-order valence-corrected chi connectivity index (χ3v) is 3.34. The molecule has 84 valence electrons. The smallest absolute Gasteiger partial charge is 0.150 e. The van der Waals surface area contributed by atoms with Crippen molar-refractivity contribution in [2.24, 2.45) is 5.73 Å². The van der Waals surface area contributed by atoms with E-state index in [9.17, 15) is 0 Å². The summed E-state index contributed by atoms with van der Waals surface area (Å²) in [5, 5.41) is 8.15. The highest BCUT2D eigenvalue weighted by Crippen LogP contribution is 2.29. The highest BCUT2D eigenvalue weighted by Gasteiger charge is 2.20. The molecule has 0 aliphatic heterocycles. The second-order valence-electron chi connectivity index (χ2n) is 4.40. The van der Waals surface area contributed by atoms with Crippen molar-refractivity contribution in [2.45, 2.75) is 57.5 Å². The molecule has 1 aliphatic carbocycles. The highest BCUT2D eigenvalue weighted by atomic mass is 15.3. The fraction of sp³-hybridized carbons (Fsp3) is 0.818. The maximum atomic E-state index is 6.02. The van der Waals surface area contributed by atoms with Crippen LogP contribution in [0.2, 0.25) is 0 Å². The summed E-state index contributed by atoms with van der Waals surface area (Å²) in [6.45, 7) is 2.09. The van der Waals surface area contributed by atoms with Crippen molar-refractivity contribution >= 4 is 0 Å². The highest BCUT2D eigenvalue weighted by molar-refractivity contribution is 4.96. The first kappa shape index (κ1) is 10.6. The Morgan fingerprint density at radius 2 is 2.20 bits per heavy atom. The second-order valence-corrected chi connectivity index (χ2v) is 4.40. The lowest BCUT2D eigenvalue weighted by molar-refractivity contribution is 0.339. The van der Waals surface area contributed by atoms with E-state index in [2.05, 4.69) is 21.7 Å². The van der Waals surface area contributed by atoms with Gasteiger partial charge in [0.25, 0.3) is 0 Å². The van der Waals surface area contributed by atoms with Crippen LogP contribution in [0, 0.1) is 0 Å². The predicted molar refractivity (Wildman–Crippen MR) is 59.4 cm³/mol. The zero-order chi connectivity index (χ0) is 10.7. The van der Waals surface area contributed by atoms with Crippen molar-refractivity contribution in [3.63, 3.8) is 0 Å². The zero-order valence-corrected chi connectivity index (χ0v) is 9.39. The first-order valence-electron chi connectivity index (χ1n) is 5.98. The van der Waals surface area contributed by atoms with Crippen LogP contribution in [0.15, 0.2) is 6.33 Å². The van der Waals surface area contributed by atoms with Crippen molar-refractivity contribution in [3.8, 4) is 0 Å². The Hall–Kier alpha value is -0.900. The molecule has 1 saturated carbocycles. The average Bonchev–Trinajstić information content (AvgIpc) is 2.78. The minimum Gasteiger partial charge on any atom is -0.321 e. The van der Waals surface area contributed by atoms with Gasteiger partial charge in [0, 0.05) is 6.04 Å². The molecule has 0 aromatic carbocycles. The standard InChI is InChI=1S/C11H20N4/c1-2-10(12)11-14-13-8-15(11)9-6-4-3-5-7-9/h8-10H,2-7,12H2,1H3/t10-/m1/s1. The number of hydrogen-bond acceptors (Lipinski definition) is 3. The maximum Gasteiger partial charge on any atom is 0.150 e. The van der Waals surface area contributed by atoms with Gasteiger partial charge in [-0.3, -0.25) is 0 Å². The first-order valence-corrected chi connectivity index (χ1v) is 5.98. The molecule has 1 heterocycles. The molecule has 0 bridgehead atoms. The van der Waals surface area contributed by atoms with Gasteiger partial charge in [0.15, 0.2) is 0 Å². The lowest BCUT2D eigenvalue weighted by Gasteiger charge is -2.25. The Kier molecular flexibility index (Phi) is 3.36. The van der Waals surface area contributed by atoms with Crippen LogP contribution in [0.5, 0.6) is 0 Å². The van der Waals surface area contributed by atoms with E-state index in [0.29, 0.717) is 6.04 Å². The van der Waals surface area contributed by atoms with Gasteiger partial charge in [0.1, 0.15) is 12.2 Å². The summed E-state index contributed by atoms with van der Waals surface area (Å²) in [6.07, 6.45) is 9.29. The minimum absolute atomic E-state index is 0.0365. The second kappa shape index (κ2) is 4.75. The van der Waals surface area contributed by atoms with E-state index < -0.39 is 0 Å². The van der Waals surface area contributed by atoms with Crippen molar-refractivity contribution in [1.82, 2.24) is 14.8 Å². The third kappa shape index (κ3) is 2.20. The van der Waals surface area contributed by atoms with Gasteiger partial charge in [0.05, 0.1) is 6.04 Å². The van der Waals surface area contributed by atoms with E-state index >= 15 is 0 Å². The Morgan fingerprint density at radius 1 is 1.47 bits per heavy atom. The molecular formula is C11H20N4. The summed E-state index contributed by atoms with van der Waals surface area (Å²) in [4.78, 5) is 0. The third-order valence-electron chi connectivity index (χ3n) is 3.34. The maximum absolute atomic E-state index is 6.02. The molecule has 4 nitrogen and oxygen atoms in total. The molecule has 0 spiro atoms. The van der Waals surface area contributed by atoms with Crippen molar-refractivity contribution in [3.05, 3.63) is 12.2 Å². The van der Waals surface area contributed by atoms with Crippen LogP contribution in [0.4, 0.5) is 0 Å². The zero-order valence-electron chi connectivity index (χ0n) is 9.39. The first-order chi connectivity index (χ1) is 7.33. The van der Waals surface area contributed by atoms with Crippen molar-refractivity contribution in [1.29, 1.82) is 0 Å². The number of hydrogen-bond donors (Lipinski definition) is 1. The van der Waals surface area contributed by atoms with E-state index in [0.717, 1.165) is 12.2 Å². The normalized spacial score (nSPS) is 20.4. The van der Waals surface area contributed by atoms with Crippen LogP contribution < -0.4 is 5.73 Å². The van der Waals surface area contributed by atoms with Gasteiger partial charge in [-0.25, -0.2) is 0 Å². The summed E-state index contributed by atoms with van der Waals surface area (Å²) in [6, 6.07) is 0.621. The van der Waals surface area contributed by atoms with Gasteiger partial charge < -0.3 is 10.3 Å². The molecule has 1 aromatic rings. The fourth-order valence-corrected chi connectivity index (χ4v) is 2.34. The van der Waals surface area contributed by atoms with Crippen molar-refractivity contribution in [2.75, 3.05) is 0 Å². The van der Waals surface area contributed by atoms with E-state index in [1.165, 1.54) is 32.1 Å². The van der Waals surface area contributed by atoms with Crippen molar-refractivity contribution < 1.29 is 0 Å². The van der Waals surface area contributed by atoms with E-state index in [1.54, 1.807) is 0 Å². The molecule has 0 amide bonds. The molecule has 0 unspecified atom stereocenters. The lowest BCUT2D eigenvalue weighted by Crippen LogP contribution is -2.20. The summed E-state index contributed by atoms with van der Waals surface area (Å²) in [5.41, 5.74) is 6.02. The van der Waals surface area contributed by atoms with E-state index in [1.807, 2.05) is 6.33 Å². The van der Waals surface area contributed by atoms with Gasteiger partial charge >= 0.3 is 0 Å². The van der Waals surface area contributed by atoms with Crippen LogP contribution in [-0.2, 0) is 0 Å². The Bertz CT molecular complexity index is 301. The van der Waals surface area contributed by atoms with Gasteiger partial charge in [-0.05, 0) is 19.3 Å². The quantitative estimate of drug-likeness (QED) is 0.828. The Balaban J connectivity index is 2.15. The van der Waals surface area contributed by atoms with Gasteiger partial charge in [0.2, 0.25) is 0 Å². The molecule has 2 N–H and O–H groups in total. The SMILES string of the molecule is CC[C@@H](N)c1nncn1C1CCCCC1. The Labute approximate surface area is 90.9 Å². The number of nitrogens with two attached hydrogens (primary N) is 1. The van der Waals surface area contributed by atoms with Gasteiger partial charge in [-0.2, -0.15) is 0 Å². The lowest BCUT2D eigenvalue weighted by atomic mass is 9.95. The topological polar surface area (TPSA) is 56.7 Å². The van der Waals surface area contributed by atoms with E-state index in [-0.39, 0.29) is 6.04 Å². The Morgan fingerprint density at radius 3 is 2.87 bits per heavy atom. The van der Waals surface area contributed by atoms with Gasteiger partial charge in [-0.1, -0.05) is 26.2 Å². The van der Waals surface area contributed by atoms with Crippen LogP contribution >= 0.6 is 0 Å². The predicted octanol–water partition coefficient (Wildman–Crippen LogP) is 2.19. The van der Waals surface area contributed by atoms with Crippen LogP contribution in [-0.4, -0.2) is 14.8 Å². The molecule has 1 aliphatic rings. The monoisotopic (exact) mass is 208 g/mol. The summed E-state index contributed by atoms with van der Waals surface area (Å²) in [7, 11) is 0. The minimum atomic E-state index is 0.0365. The molecule has 1 aromatic heterocycles. The van der Waals surface area contributed by atoms with Crippen LogP contribution in [0.1, 0.15) is 63.4 Å². The average molecular weight is 208 g/mol. The number of rotatable bonds is 3. The summed E-state index contributed by atoms with van der Waals surface area (Å²) >= 11 is 0. The molecule has 15 heavy (non-hydrogen) atoms. The molecule has 0 saturated heterocycles. The summed E-state index contributed by atoms with van der Waals surface area (Å²) < 4.78 is 2.20. The molecule has 1 atom stereocenters. The molecule has 0 radical (unpaired) electrons. The van der Waals surface area contributed by atoms with Crippen LogP contribution in [0.3, 0.4) is 0 Å². The molecule has 2 rings (SSSR count). The molecular weight excluding hydrogens is 188 g/mol.